The van der Waals surface area contributed by atoms with Gasteiger partial charge in [-0.2, -0.15) is 0 Å². The number of benzene rings is 2. The molecule has 0 aliphatic carbocycles. The van der Waals surface area contributed by atoms with Crippen LogP contribution in [0.5, 0.6) is 0 Å². The van der Waals surface area contributed by atoms with E-state index in [4.69, 9.17) is 0 Å². The number of carbonyl (C=O) groups is 2. The Bertz CT molecular complexity index is 606. The number of carbonyl (C=O) groups excluding carboxylic acids is 2. The molecule has 0 aromatic heterocycles. The second kappa shape index (κ2) is 9.71. The fourth-order valence-electron chi connectivity index (χ4n) is 2.19. The van der Waals surface area contributed by atoms with Crippen molar-refractivity contribution in [2.24, 2.45) is 0 Å². The van der Waals surface area contributed by atoms with Crippen molar-refractivity contribution < 1.29 is 19.8 Å². The van der Waals surface area contributed by atoms with E-state index in [0.29, 0.717) is 0 Å². The second-order valence-electron chi connectivity index (χ2n) is 5.33. The first kappa shape index (κ1) is 21.6. The molecule has 0 fully saturated rings. The van der Waals surface area contributed by atoms with E-state index >= 15 is 0 Å². The molecule has 23 heavy (non-hydrogen) atoms. The number of hydrogen-bond acceptors (Lipinski definition) is 4. The summed E-state index contributed by atoms with van der Waals surface area (Å²) in [6, 6.07) is 10.2. The van der Waals surface area contributed by atoms with Crippen molar-refractivity contribution in [3.63, 3.8) is 0 Å². The monoisotopic (exact) mass is 338 g/mol. The molecule has 4 nitrogen and oxygen atoms in total. The quantitative estimate of drug-likeness (QED) is 0.764. The molecule has 0 spiro atoms. The van der Waals surface area contributed by atoms with E-state index in [1.165, 1.54) is 0 Å². The van der Waals surface area contributed by atoms with E-state index in [0.717, 1.165) is 22.3 Å². The van der Waals surface area contributed by atoms with Gasteiger partial charge >= 0.3 is 37.7 Å². The first-order chi connectivity index (χ1) is 10.2. The SMILES string of the molecule is Cc1cc(C)cc(C(=O)[O-])c1.Cc1cc(C)cc(C(=O)[O-])c1.[Ca+2]. The van der Waals surface area contributed by atoms with Crippen LogP contribution in [0.25, 0.3) is 0 Å². The summed E-state index contributed by atoms with van der Waals surface area (Å²) in [6.45, 7) is 7.44. The summed E-state index contributed by atoms with van der Waals surface area (Å²) in [4.78, 5) is 20.8. The molecule has 2 aromatic rings. The molecule has 0 amide bonds. The molecule has 0 aliphatic rings. The number of carboxylic acids is 2. The third-order valence-corrected chi connectivity index (χ3v) is 2.91. The van der Waals surface area contributed by atoms with Crippen LogP contribution in [0, 0.1) is 27.7 Å². The molecular formula is C18H18CaO4. The standard InChI is InChI=1S/2C9H10O2.Ca/c2*1-6-3-7(2)5-8(4-6)9(10)11;/h2*3-5H,1-2H3,(H,10,11);/q;;+2/p-2. The van der Waals surface area contributed by atoms with Gasteiger partial charge in [-0.05, 0) is 38.8 Å². The van der Waals surface area contributed by atoms with Crippen LogP contribution in [0.2, 0.25) is 0 Å². The maximum Gasteiger partial charge on any atom is 2.00 e. The van der Waals surface area contributed by atoms with Crippen LogP contribution < -0.4 is 10.2 Å². The minimum absolute atomic E-state index is 0. The van der Waals surface area contributed by atoms with Crippen molar-refractivity contribution in [2.45, 2.75) is 27.7 Å². The van der Waals surface area contributed by atoms with Crippen molar-refractivity contribution in [2.75, 3.05) is 0 Å². The minimum atomic E-state index is -1.11. The first-order valence-electron chi connectivity index (χ1n) is 6.78. The van der Waals surface area contributed by atoms with Gasteiger partial charge < -0.3 is 19.8 Å². The van der Waals surface area contributed by atoms with Gasteiger partial charge in [0.15, 0.2) is 0 Å². The van der Waals surface area contributed by atoms with Gasteiger partial charge in [-0.25, -0.2) is 0 Å². The molecular weight excluding hydrogens is 320 g/mol. The predicted molar refractivity (Wildman–Crippen MR) is 86.2 cm³/mol. The average molecular weight is 338 g/mol. The van der Waals surface area contributed by atoms with Gasteiger partial charge in [-0.15, -0.1) is 0 Å². The third kappa shape index (κ3) is 7.64. The molecule has 2 aromatic carbocycles. The van der Waals surface area contributed by atoms with Crippen LogP contribution in [0.15, 0.2) is 36.4 Å². The topological polar surface area (TPSA) is 80.3 Å². The molecule has 0 N–H and O–H groups in total. The van der Waals surface area contributed by atoms with Crippen LogP contribution in [0.1, 0.15) is 43.0 Å². The van der Waals surface area contributed by atoms with E-state index < -0.39 is 11.9 Å². The molecule has 5 heteroatoms. The molecule has 0 bridgehead atoms. The predicted octanol–water partition coefficient (Wildman–Crippen LogP) is 0.953. The molecule has 0 saturated carbocycles. The van der Waals surface area contributed by atoms with E-state index in [1.54, 1.807) is 24.3 Å². The Hall–Kier alpha value is -1.36. The van der Waals surface area contributed by atoms with Crippen molar-refractivity contribution in [1.29, 1.82) is 0 Å². The Balaban J connectivity index is 0.000000403. The largest absolute Gasteiger partial charge is 2.00 e. The fourth-order valence-corrected chi connectivity index (χ4v) is 2.19. The number of hydrogen-bond donors (Lipinski definition) is 0. The van der Waals surface area contributed by atoms with E-state index in [-0.39, 0.29) is 48.9 Å². The van der Waals surface area contributed by atoms with Crippen LogP contribution in [0.3, 0.4) is 0 Å². The molecule has 116 valence electrons. The number of aryl methyl sites for hydroxylation is 4. The van der Waals surface area contributed by atoms with Gasteiger partial charge in [0.05, 0.1) is 11.9 Å². The van der Waals surface area contributed by atoms with Gasteiger partial charge in [0.25, 0.3) is 0 Å². The summed E-state index contributed by atoms with van der Waals surface area (Å²) >= 11 is 0. The summed E-state index contributed by atoms with van der Waals surface area (Å²) in [5, 5.41) is 20.8. The van der Waals surface area contributed by atoms with Crippen molar-refractivity contribution in [3.05, 3.63) is 69.8 Å². The normalized spacial score (nSPS) is 9.22. The van der Waals surface area contributed by atoms with E-state index in [9.17, 15) is 19.8 Å². The van der Waals surface area contributed by atoms with Crippen LogP contribution in [-0.2, 0) is 0 Å². The van der Waals surface area contributed by atoms with Crippen molar-refractivity contribution in [3.8, 4) is 0 Å². The van der Waals surface area contributed by atoms with Gasteiger partial charge in [0, 0.05) is 0 Å². The fraction of sp³-hybridized carbons (Fsp3) is 0.222. The Labute approximate surface area is 166 Å². The number of rotatable bonds is 2. The summed E-state index contributed by atoms with van der Waals surface area (Å²) in [5.74, 6) is -2.23. The van der Waals surface area contributed by atoms with Gasteiger partial charge in [0.2, 0.25) is 0 Å². The Morgan fingerprint density at radius 3 is 1.00 bits per heavy atom. The maximum absolute atomic E-state index is 10.4. The summed E-state index contributed by atoms with van der Waals surface area (Å²) in [5.41, 5.74) is 4.30. The van der Waals surface area contributed by atoms with Crippen LogP contribution in [0.4, 0.5) is 0 Å². The van der Waals surface area contributed by atoms with E-state index in [2.05, 4.69) is 0 Å². The Morgan fingerprint density at radius 1 is 0.609 bits per heavy atom. The zero-order valence-corrected chi connectivity index (χ0v) is 16.0. The maximum atomic E-state index is 10.4. The summed E-state index contributed by atoms with van der Waals surface area (Å²) in [6.07, 6.45) is 0. The average Bonchev–Trinajstić information content (AvgIpc) is 2.37. The van der Waals surface area contributed by atoms with Gasteiger partial charge in [0.1, 0.15) is 0 Å². The Morgan fingerprint density at radius 2 is 0.826 bits per heavy atom. The number of aromatic carboxylic acids is 2. The van der Waals surface area contributed by atoms with Crippen LogP contribution >= 0.6 is 0 Å². The molecule has 0 atom stereocenters. The molecule has 2 rings (SSSR count). The molecule has 0 heterocycles. The van der Waals surface area contributed by atoms with Gasteiger partial charge in [-0.3, -0.25) is 0 Å². The first-order valence-corrected chi connectivity index (χ1v) is 6.78. The third-order valence-electron chi connectivity index (χ3n) is 2.91. The number of carboxylic acid groups (broad SMARTS) is 2. The van der Waals surface area contributed by atoms with Crippen molar-refractivity contribution >= 4 is 49.7 Å². The Kier molecular flexibility index (Phi) is 9.13. The van der Waals surface area contributed by atoms with Gasteiger partial charge in [-0.1, -0.05) is 58.7 Å². The van der Waals surface area contributed by atoms with E-state index in [1.807, 2.05) is 39.8 Å². The smallest absolute Gasteiger partial charge is 0.545 e. The van der Waals surface area contributed by atoms with Crippen molar-refractivity contribution in [1.82, 2.24) is 0 Å². The molecule has 0 unspecified atom stereocenters. The summed E-state index contributed by atoms with van der Waals surface area (Å²) < 4.78 is 0. The zero-order valence-electron chi connectivity index (χ0n) is 13.8. The molecule has 0 radical (unpaired) electrons. The second-order valence-corrected chi connectivity index (χ2v) is 5.33. The minimum Gasteiger partial charge on any atom is -0.545 e. The molecule has 0 aliphatic heterocycles. The van der Waals surface area contributed by atoms with Crippen LogP contribution in [-0.4, -0.2) is 49.7 Å². The zero-order chi connectivity index (χ0) is 16.9. The summed E-state index contributed by atoms with van der Waals surface area (Å²) in [7, 11) is 0. The molecule has 0 saturated heterocycles.